The molecule has 0 unspecified atom stereocenters. The fourth-order valence-corrected chi connectivity index (χ4v) is 2.08. The second kappa shape index (κ2) is 6.95. The second-order valence-electron chi connectivity index (χ2n) is 5.33. The third kappa shape index (κ3) is 3.78. The Bertz CT molecular complexity index is 811. The Kier molecular flexibility index (Phi) is 4.56. The summed E-state index contributed by atoms with van der Waals surface area (Å²) in [5.74, 6) is 1.18. The van der Waals surface area contributed by atoms with Crippen molar-refractivity contribution in [2.75, 3.05) is 6.79 Å². The number of fused-ring (bicyclic) bond motifs is 1. The average Bonchev–Trinajstić information content (AvgIpc) is 3.06. The first kappa shape index (κ1) is 15.7. The van der Waals surface area contributed by atoms with Crippen LogP contribution < -0.4 is 14.9 Å². The van der Waals surface area contributed by atoms with E-state index in [9.17, 15) is 4.79 Å². The number of carbonyl (C=O) groups is 1. The molecule has 6 nitrogen and oxygen atoms in total. The molecule has 1 N–H and O–H groups in total. The fraction of sp³-hybridized carbons (Fsp3) is 0.167. The summed E-state index contributed by atoms with van der Waals surface area (Å²) in [5, 5.41) is 4.06. The molecule has 2 aromatic rings. The lowest BCUT2D eigenvalue weighted by atomic mass is 10.2. The summed E-state index contributed by atoms with van der Waals surface area (Å²) < 4.78 is 10.6. The van der Waals surface area contributed by atoms with Crippen molar-refractivity contribution in [3.63, 3.8) is 0 Å². The largest absolute Gasteiger partial charge is 0.454 e. The highest BCUT2D eigenvalue weighted by molar-refractivity contribution is 5.99. The van der Waals surface area contributed by atoms with Gasteiger partial charge in [-0.25, -0.2) is 5.43 Å². The maximum absolute atomic E-state index is 11.9. The van der Waals surface area contributed by atoms with Gasteiger partial charge in [0.1, 0.15) is 0 Å². The summed E-state index contributed by atoms with van der Waals surface area (Å²) in [6, 6.07) is 9.17. The van der Waals surface area contributed by atoms with Crippen molar-refractivity contribution < 1.29 is 14.3 Å². The molecule has 6 heteroatoms. The van der Waals surface area contributed by atoms with Gasteiger partial charge in [-0.1, -0.05) is 12.1 Å². The zero-order chi connectivity index (χ0) is 16.9. The number of pyridine rings is 1. The topological polar surface area (TPSA) is 72.8 Å². The summed E-state index contributed by atoms with van der Waals surface area (Å²) in [5.41, 5.74) is 5.47. The minimum absolute atomic E-state index is 0.253. The number of nitrogens with zero attached hydrogens (tertiary/aromatic N) is 2. The Morgan fingerprint density at radius 3 is 2.88 bits per heavy atom. The van der Waals surface area contributed by atoms with Crippen LogP contribution in [0.5, 0.6) is 11.5 Å². The Morgan fingerprint density at radius 2 is 2.08 bits per heavy atom. The van der Waals surface area contributed by atoms with Crippen molar-refractivity contribution in [3.05, 3.63) is 59.4 Å². The van der Waals surface area contributed by atoms with Crippen LogP contribution in [0.1, 0.15) is 28.5 Å². The predicted molar refractivity (Wildman–Crippen MR) is 91.1 cm³/mol. The van der Waals surface area contributed by atoms with E-state index < -0.39 is 0 Å². The molecule has 122 valence electrons. The maximum Gasteiger partial charge on any atom is 0.272 e. The van der Waals surface area contributed by atoms with Gasteiger partial charge in [0.25, 0.3) is 5.91 Å². The summed E-state index contributed by atoms with van der Waals surface area (Å²) in [6.07, 6.45) is 5.23. The molecule has 0 spiro atoms. The van der Waals surface area contributed by atoms with Crippen LogP contribution in [-0.4, -0.2) is 23.4 Å². The minimum atomic E-state index is -0.293. The van der Waals surface area contributed by atoms with E-state index in [1.54, 1.807) is 19.1 Å². The third-order valence-electron chi connectivity index (χ3n) is 3.42. The van der Waals surface area contributed by atoms with Crippen molar-refractivity contribution in [2.45, 2.75) is 13.8 Å². The zero-order valence-electron chi connectivity index (χ0n) is 13.4. The van der Waals surface area contributed by atoms with E-state index in [0.717, 1.165) is 22.8 Å². The van der Waals surface area contributed by atoms with E-state index in [1.807, 2.05) is 37.3 Å². The Hall–Kier alpha value is -3.15. The van der Waals surface area contributed by atoms with Gasteiger partial charge in [0.05, 0.1) is 11.3 Å². The molecule has 0 fully saturated rings. The first-order valence-corrected chi connectivity index (χ1v) is 7.47. The number of rotatable bonds is 4. The number of hydrogen-bond donors (Lipinski definition) is 1. The fourth-order valence-electron chi connectivity index (χ4n) is 2.08. The molecule has 0 saturated heterocycles. The normalized spacial score (nSPS) is 13.3. The van der Waals surface area contributed by atoms with E-state index >= 15 is 0 Å². The molecular formula is C18H17N3O3. The zero-order valence-corrected chi connectivity index (χ0v) is 13.4. The lowest BCUT2D eigenvalue weighted by Crippen LogP contribution is -2.18. The molecule has 2 heterocycles. The highest BCUT2D eigenvalue weighted by Gasteiger charge is 2.12. The molecule has 24 heavy (non-hydrogen) atoms. The predicted octanol–water partition coefficient (Wildman–Crippen LogP) is 2.94. The molecule has 0 bridgehead atoms. The number of allylic oxidation sites excluding steroid dienone is 1. The van der Waals surface area contributed by atoms with Crippen molar-refractivity contribution in [3.8, 4) is 11.5 Å². The summed E-state index contributed by atoms with van der Waals surface area (Å²) >= 11 is 0. The van der Waals surface area contributed by atoms with Gasteiger partial charge in [0, 0.05) is 11.9 Å². The van der Waals surface area contributed by atoms with Crippen LogP contribution in [0.2, 0.25) is 0 Å². The van der Waals surface area contributed by atoms with Gasteiger partial charge in [-0.3, -0.25) is 9.78 Å². The smallest absolute Gasteiger partial charge is 0.272 e. The van der Waals surface area contributed by atoms with Gasteiger partial charge in [-0.05, 0) is 49.8 Å². The molecule has 1 aliphatic rings. The van der Waals surface area contributed by atoms with Crippen LogP contribution in [0.15, 0.2) is 47.7 Å². The molecule has 0 aliphatic carbocycles. The molecule has 0 saturated carbocycles. The lowest BCUT2D eigenvalue weighted by molar-refractivity contribution is 0.0954. The molecule has 1 amide bonds. The Morgan fingerprint density at radius 1 is 1.25 bits per heavy atom. The number of hydrazone groups is 1. The van der Waals surface area contributed by atoms with E-state index in [2.05, 4.69) is 15.5 Å². The number of hydrogen-bond acceptors (Lipinski definition) is 5. The van der Waals surface area contributed by atoms with Gasteiger partial charge in [-0.15, -0.1) is 0 Å². The summed E-state index contributed by atoms with van der Waals surface area (Å²) in [7, 11) is 0. The van der Waals surface area contributed by atoms with Crippen LogP contribution in [0.4, 0.5) is 0 Å². The van der Waals surface area contributed by atoms with Crippen LogP contribution in [0.25, 0.3) is 6.08 Å². The van der Waals surface area contributed by atoms with E-state index in [0.29, 0.717) is 11.3 Å². The number of ether oxygens (including phenoxy) is 2. The lowest BCUT2D eigenvalue weighted by Gasteiger charge is -2.01. The molecule has 0 radical (unpaired) electrons. The van der Waals surface area contributed by atoms with Crippen LogP contribution in [0, 0.1) is 6.92 Å². The van der Waals surface area contributed by atoms with Gasteiger partial charge >= 0.3 is 0 Å². The summed E-state index contributed by atoms with van der Waals surface area (Å²) in [4.78, 5) is 16.0. The van der Waals surface area contributed by atoms with Gasteiger partial charge in [0.2, 0.25) is 6.79 Å². The third-order valence-corrected chi connectivity index (χ3v) is 3.42. The van der Waals surface area contributed by atoms with Crippen molar-refractivity contribution in [2.24, 2.45) is 5.10 Å². The monoisotopic (exact) mass is 323 g/mol. The number of nitrogens with one attached hydrogen (secondary N) is 1. The summed E-state index contributed by atoms with van der Waals surface area (Å²) in [6.45, 7) is 3.92. The first-order chi connectivity index (χ1) is 11.6. The number of amides is 1. The molecule has 1 aromatic carbocycles. The average molecular weight is 323 g/mol. The Labute approximate surface area is 139 Å². The van der Waals surface area contributed by atoms with Crippen LogP contribution in [0.3, 0.4) is 0 Å². The second-order valence-corrected chi connectivity index (χ2v) is 5.33. The van der Waals surface area contributed by atoms with E-state index in [1.165, 1.54) is 6.20 Å². The Balaban J connectivity index is 1.61. The van der Waals surface area contributed by atoms with E-state index in [-0.39, 0.29) is 12.7 Å². The van der Waals surface area contributed by atoms with Gasteiger partial charge < -0.3 is 9.47 Å². The maximum atomic E-state index is 11.9. The van der Waals surface area contributed by atoms with Gasteiger partial charge in [0.15, 0.2) is 11.5 Å². The number of aromatic nitrogens is 1. The van der Waals surface area contributed by atoms with Crippen molar-refractivity contribution in [1.29, 1.82) is 0 Å². The molecular weight excluding hydrogens is 306 g/mol. The van der Waals surface area contributed by atoms with Crippen LogP contribution >= 0.6 is 0 Å². The number of benzene rings is 1. The highest BCUT2D eigenvalue weighted by Crippen LogP contribution is 2.32. The SMILES string of the molecule is CC(/C=C/c1ccc2c(c1)OCO2)=NNC(=O)c1ccc(C)nc1. The van der Waals surface area contributed by atoms with E-state index in [4.69, 9.17) is 9.47 Å². The quantitative estimate of drug-likeness (QED) is 0.693. The molecule has 3 rings (SSSR count). The van der Waals surface area contributed by atoms with Gasteiger partial charge in [-0.2, -0.15) is 5.10 Å². The minimum Gasteiger partial charge on any atom is -0.454 e. The first-order valence-electron chi connectivity index (χ1n) is 7.47. The molecule has 1 aromatic heterocycles. The number of aryl methyl sites for hydroxylation is 1. The number of carbonyl (C=O) groups excluding carboxylic acids is 1. The highest BCUT2D eigenvalue weighted by atomic mass is 16.7. The standard InChI is InChI=1S/C18H17N3O3/c1-12-4-7-15(10-19-12)18(22)21-20-13(2)3-5-14-6-8-16-17(9-14)24-11-23-16/h3-10H,11H2,1-2H3,(H,21,22)/b5-3+,20-13?. The van der Waals surface area contributed by atoms with Crippen molar-refractivity contribution >= 4 is 17.7 Å². The van der Waals surface area contributed by atoms with Crippen molar-refractivity contribution in [1.82, 2.24) is 10.4 Å². The molecule has 1 aliphatic heterocycles. The molecule has 0 atom stereocenters. The van der Waals surface area contributed by atoms with Crippen LogP contribution in [-0.2, 0) is 0 Å².